The summed E-state index contributed by atoms with van der Waals surface area (Å²) in [5, 5.41) is 7.27. The molecule has 0 aliphatic carbocycles. The number of halogens is 2. The van der Waals surface area contributed by atoms with Gasteiger partial charge < -0.3 is 20.1 Å². The standard InChI is InChI=1S/C17H28ClN3O2.HI/c1-13(2)23-11-5-9-20-17(19-3)21-10-8-14-6-7-15(22-4)12-16(14)18;/h6-7,12-13H,5,8-11H2,1-4H3,(H2,19,20,21);1H. The third kappa shape index (κ3) is 9.54. The lowest BCUT2D eigenvalue weighted by Crippen LogP contribution is -2.39. The van der Waals surface area contributed by atoms with Crippen LogP contribution < -0.4 is 15.4 Å². The molecule has 5 nitrogen and oxygen atoms in total. The van der Waals surface area contributed by atoms with E-state index in [1.165, 1.54) is 0 Å². The molecule has 0 bridgehead atoms. The van der Waals surface area contributed by atoms with Crippen LogP contribution in [0.3, 0.4) is 0 Å². The first kappa shape index (κ1) is 23.3. The summed E-state index contributed by atoms with van der Waals surface area (Å²) in [5.74, 6) is 1.56. The van der Waals surface area contributed by atoms with Gasteiger partial charge in [-0.15, -0.1) is 24.0 Å². The Balaban J connectivity index is 0.00000529. The fraction of sp³-hybridized carbons (Fsp3) is 0.588. The molecule has 0 aliphatic heterocycles. The highest BCUT2D eigenvalue weighted by molar-refractivity contribution is 14.0. The van der Waals surface area contributed by atoms with Gasteiger partial charge in [-0.1, -0.05) is 17.7 Å². The molecule has 0 fully saturated rings. The van der Waals surface area contributed by atoms with Gasteiger partial charge in [-0.25, -0.2) is 0 Å². The van der Waals surface area contributed by atoms with Crippen molar-refractivity contribution in [3.8, 4) is 5.75 Å². The summed E-state index contributed by atoms with van der Waals surface area (Å²) in [5.41, 5.74) is 1.08. The van der Waals surface area contributed by atoms with Crippen molar-refractivity contribution in [3.63, 3.8) is 0 Å². The van der Waals surface area contributed by atoms with E-state index in [0.29, 0.717) is 0 Å². The van der Waals surface area contributed by atoms with E-state index in [9.17, 15) is 0 Å². The molecular formula is C17H29ClIN3O2. The SMILES string of the molecule is CN=C(NCCCOC(C)C)NCCc1ccc(OC)cc1Cl.I. The summed E-state index contributed by atoms with van der Waals surface area (Å²) in [4.78, 5) is 4.20. The molecule has 7 heteroatoms. The molecule has 0 aliphatic rings. The zero-order chi connectivity index (χ0) is 17.1. The highest BCUT2D eigenvalue weighted by Gasteiger charge is 2.03. The van der Waals surface area contributed by atoms with Gasteiger partial charge in [-0.05, 0) is 44.4 Å². The zero-order valence-corrected chi connectivity index (χ0v) is 18.0. The van der Waals surface area contributed by atoms with Gasteiger partial charge in [0, 0.05) is 31.8 Å². The molecule has 0 unspecified atom stereocenters. The van der Waals surface area contributed by atoms with E-state index < -0.39 is 0 Å². The minimum Gasteiger partial charge on any atom is -0.497 e. The number of hydrogen-bond acceptors (Lipinski definition) is 3. The number of benzene rings is 1. The molecule has 1 rings (SSSR count). The lowest BCUT2D eigenvalue weighted by atomic mass is 10.1. The van der Waals surface area contributed by atoms with E-state index in [4.69, 9.17) is 21.1 Å². The predicted octanol–water partition coefficient (Wildman–Crippen LogP) is 3.49. The van der Waals surface area contributed by atoms with Gasteiger partial charge in [0.15, 0.2) is 5.96 Å². The Kier molecular flexibility index (Phi) is 13.1. The van der Waals surface area contributed by atoms with Crippen LogP contribution in [0.2, 0.25) is 5.02 Å². The van der Waals surface area contributed by atoms with Crippen LogP contribution in [0.4, 0.5) is 0 Å². The summed E-state index contributed by atoms with van der Waals surface area (Å²) >= 11 is 6.23. The number of ether oxygens (including phenoxy) is 2. The van der Waals surface area contributed by atoms with E-state index >= 15 is 0 Å². The van der Waals surface area contributed by atoms with Gasteiger partial charge >= 0.3 is 0 Å². The van der Waals surface area contributed by atoms with Crippen molar-refractivity contribution in [2.24, 2.45) is 4.99 Å². The average Bonchev–Trinajstić information content (AvgIpc) is 2.53. The van der Waals surface area contributed by atoms with E-state index in [0.717, 1.165) is 54.8 Å². The smallest absolute Gasteiger partial charge is 0.190 e. The highest BCUT2D eigenvalue weighted by Crippen LogP contribution is 2.22. The number of hydrogen-bond donors (Lipinski definition) is 2. The second-order valence-corrected chi connectivity index (χ2v) is 5.81. The number of aliphatic imine (C=N–C) groups is 1. The van der Waals surface area contributed by atoms with Crippen LogP contribution in [0.1, 0.15) is 25.8 Å². The monoisotopic (exact) mass is 469 g/mol. The van der Waals surface area contributed by atoms with E-state index in [1.54, 1.807) is 14.2 Å². The third-order valence-corrected chi connectivity index (χ3v) is 3.59. The van der Waals surface area contributed by atoms with Crippen molar-refractivity contribution in [2.75, 3.05) is 33.9 Å². The highest BCUT2D eigenvalue weighted by atomic mass is 127. The van der Waals surface area contributed by atoms with Crippen LogP contribution >= 0.6 is 35.6 Å². The second kappa shape index (κ2) is 13.5. The fourth-order valence-electron chi connectivity index (χ4n) is 1.99. The maximum Gasteiger partial charge on any atom is 0.190 e. The molecule has 0 spiro atoms. The number of nitrogens with zero attached hydrogens (tertiary/aromatic N) is 1. The molecule has 0 atom stereocenters. The fourth-order valence-corrected chi connectivity index (χ4v) is 2.26. The van der Waals surface area contributed by atoms with Crippen LogP contribution in [0.5, 0.6) is 5.75 Å². The molecular weight excluding hydrogens is 441 g/mol. The van der Waals surface area contributed by atoms with Gasteiger partial charge in [0.1, 0.15) is 5.75 Å². The minimum absolute atomic E-state index is 0. The molecule has 24 heavy (non-hydrogen) atoms. The zero-order valence-electron chi connectivity index (χ0n) is 14.9. The number of guanidine groups is 1. The van der Waals surface area contributed by atoms with Crippen LogP contribution in [-0.2, 0) is 11.2 Å². The van der Waals surface area contributed by atoms with E-state index in [2.05, 4.69) is 15.6 Å². The molecule has 0 saturated carbocycles. The first-order chi connectivity index (χ1) is 11.1. The molecule has 1 aromatic carbocycles. The van der Waals surface area contributed by atoms with Gasteiger partial charge in [0.05, 0.1) is 13.2 Å². The molecule has 0 heterocycles. The maximum atomic E-state index is 6.23. The van der Waals surface area contributed by atoms with Crippen molar-refractivity contribution < 1.29 is 9.47 Å². The Labute approximate surface area is 167 Å². The lowest BCUT2D eigenvalue weighted by molar-refractivity contribution is 0.0776. The Bertz CT molecular complexity index is 499. The third-order valence-electron chi connectivity index (χ3n) is 3.24. The summed E-state index contributed by atoms with van der Waals surface area (Å²) in [6.45, 7) is 6.42. The Hall–Kier alpha value is -0.730. The van der Waals surface area contributed by atoms with E-state index in [1.807, 2.05) is 32.0 Å². The molecule has 0 saturated heterocycles. The second-order valence-electron chi connectivity index (χ2n) is 5.41. The Morgan fingerprint density at radius 1 is 1.25 bits per heavy atom. The molecule has 2 N–H and O–H groups in total. The Morgan fingerprint density at radius 3 is 2.54 bits per heavy atom. The molecule has 1 aromatic rings. The van der Waals surface area contributed by atoms with Crippen molar-refractivity contribution in [1.82, 2.24) is 10.6 Å². The van der Waals surface area contributed by atoms with Crippen molar-refractivity contribution in [2.45, 2.75) is 32.8 Å². The summed E-state index contributed by atoms with van der Waals surface area (Å²) in [7, 11) is 3.40. The van der Waals surface area contributed by atoms with Gasteiger partial charge in [-0.2, -0.15) is 0 Å². The first-order valence-corrected chi connectivity index (χ1v) is 8.33. The molecule has 0 radical (unpaired) electrons. The number of nitrogens with one attached hydrogen (secondary N) is 2. The summed E-state index contributed by atoms with van der Waals surface area (Å²) in [6.07, 6.45) is 2.05. The van der Waals surface area contributed by atoms with Crippen LogP contribution in [0, 0.1) is 0 Å². The minimum atomic E-state index is 0. The number of methoxy groups -OCH3 is 1. The average molecular weight is 470 g/mol. The van der Waals surface area contributed by atoms with Crippen LogP contribution in [0.15, 0.2) is 23.2 Å². The Morgan fingerprint density at radius 2 is 1.96 bits per heavy atom. The molecule has 0 amide bonds. The van der Waals surface area contributed by atoms with Crippen molar-refractivity contribution in [1.29, 1.82) is 0 Å². The lowest BCUT2D eigenvalue weighted by Gasteiger charge is -2.13. The molecule has 138 valence electrons. The maximum absolute atomic E-state index is 6.23. The quantitative estimate of drug-likeness (QED) is 0.252. The largest absolute Gasteiger partial charge is 0.497 e. The van der Waals surface area contributed by atoms with Gasteiger partial charge in [0.25, 0.3) is 0 Å². The summed E-state index contributed by atoms with van der Waals surface area (Å²) < 4.78 is 10.7. The van der Waals surface area contributed by atoms with Crippen LogP contribution in [-0.4, -0.2) is 45.9 Å². The molecule has 0 aromatic heterocycles. The predicted molar refractivity (Wildman–Crippen MR) is 112 cm³/mol. The number of rotatable bonds is 9. The van der Waals surface area contributed by atoms with Crippen molar-refractivity contribution in [3.05, 3.63) is 28.8 Å². The van der Waals surface area contributed by atoms with Crippen LogP contribution in [0.25, 0.3) is 0 Å². The topological polar surface area (TPSA) is 54.9 Å². The van der Waals surface area contributed by atoms with Gasteiger partial charge in [-0.3, -0.25) is 4.99 Å². The van der Waals surface area contributed by atoms with Crippen molar-refractivity contribution >= 4 is 41.5 Å². The van der Waals surface area contributed by atoms with E-state index in [-0.39, 0.29) is 30.1 Å². The first-order valence-electron chi connectivity index (χ1n) is 7.95. The van der Waals surface area contributed by atoms with Gasteiger partial charge in [0.2, 0.25) is 0 Å². The summed E-state index contributed by atoms with van der Waals surface area (Å²) in [6, 6.07) is 5.74. The normalized spacial score (nSPS) is 11.2.